The lowest BCUT2D eigenvalue weighted by atomic mass is 10.0. The van der Waals surface area contributed by atoms with E-state index in [2.05, 4.69) is 9.97 Å². The Morgan fingerprint density at radius 3 is 2.31 bits per heavy atom. The van der Waals surface area contributed by atoms with Gasteiger partial charge in [0.05, 0.1) is 12.3 Å². The molecule has 0 radical (unpaired) electrons. The number of aromatic nitrogens is 2. The summed E-state index contributed by atoms with van der Waals surface area (Å²) in [4.78, 5) is 52.2. The Hall–Kier alpha value is -4.07. The highest BCUT2D eigenvalue weighted by Gasteiger charge is 2.34. The molecule has 0 bridgehead atoms. The maximum absolute atomic E-state index is 13.7. The predicted molar refractivity (Wildman–Crippen MR) is 136 cm³/mol. The number of aryl methyl sites for hydroxylation is 2. The van der Waals surface area contributed by atoms with Crippen molar-refractivity contribution in [2.75, 3.05) is 26.2 Å². The van der Waals surface area contributed by atoms with Crippen LogP contribution in [-0.2, 0) is 4.74 Å². The molecule has 0 aliphatic carbocycles. The molecule has 0 saturated carbocycles. The fraction of sp³-hybridized carbons (Fsp3) is 0.321. The highest BCUT2D eigenvalue weighted by molar-refractivity contribution is 6.05. The summed E-state index contributed by atoms with van der Waals surface area (Å²) in [7, 11) is 0. The molecule has 0 spiro atoms. The van der Waals surface area contributed by atoms with Gasteiger partial charge in [0.2, 0.25) is 0 Å². The van der Waals surface area contributed by atoms with Crippen LogP contribution in [0.2, 0.25) is 0 Å². The van der Waals surface area contributed by atoms with Crippen LogP contribution in [0.25, 0.3) is 11.4 Å². The van der Waals surface area contributed by atoms with Crippen molar-refractivity contribution in [3.05, 3.63) is 82.7 Å². The molecular weight excluding hydrogens is 456 g/mol. The van der Waals surface area contributed by atoms with Gasteiger partial charge in [-0.2, -0.15) is 0 Å². The highest BCUT2D eigenvalue weighted by Crippen LogP contribution is 2.23. The number of carbonyl (C=O) groups is 3. The van der Waals surface area contributed by atoms with Gasteiger partial charge < -0.3 is 14.5 Å². The SMILES string of the molecule is CCOC(=O)c1c(C)nc(-c2ccccc2)nc1C(=O)N1CCN(C(=O)c2ccccc2C)C(C)C1. The molecule has 2 heterocycles. The van der Waals surface area contributed by atoms with E-state index in [9.17, 15) is 14.4 Å². The van der Waals surface area contributed by atoms with E-state index in [1.807, 2.05) is 68.4 Å². The zero-order chi connectivity index (χ0) is 25.8. The standard InChI is InChI=1S/C28H30N4O4/c1-5-36-28(35)23-20(4)29-25(21-12-7-6-8-13-21)30-24(23)27(34)31-15-16-32(19(3)17-31)26(33)22-14-10-9-11-18(22)2/h6-14,19H,5,15-17H2,1-4H3. The molecule has 1 aromatic heterocycles. The first-order chi connectivity index (χ1) is 17.3. The fourth-order valence-electron chi connectivity index (χ4n) is 4.45. The summed E-state index contributed by atoms with van der Waals surface area (Å²) in [6, 6.07) is 16.6. The van der Waals surface area contributed by atoms with Gasteiger partial charge in [0.25, 0.3) is 11.8 Å². The van der Waals surface area contributed by atoms with Gasteiger partial charge in [-0.1, -0.05) is 48.5 Å². The first-order valence-electron chi connectivity index (χ1n) is 12.1. The van der Waals surface area contributed by atoms with E-state index in [-0.39, 0.29) is 35.7 Å². The van der Waals surface area contributed by atoms with Crippen molar-refractivity contribution in [1.82, 2.24) is 19.8 Å². The second-order valence-electron chi connectivity index (χ2n) is 8.86. The molecule has 8 nitrogen and oxygen atoms in total. The molecule has 8 heteroatoms. The molecule has 1 aliphatic rings. The monoisotopic (exact) mass is 486 g/mol. The van der Waals surface area contributed by atoms with Gasteiger partial charge in [0.15, 0.2) is 5.82 Å². The average molecular weight is 487 g/mol. The van der Waals surface area contributed by atoms with Crippen molar-refractivity contribution in [3.63, 3.8) is 0 Å². The molecule has 1 fully saturated rings. The molecule has 36 heavy (non-hydrogen) atoms. The van der Waals surface area contributed by atoms with Gasteiger partial charge in [-0.05, 0) is 39.3 Å². The molecule has 2 amide bonds. The Bertz CT molecular complexity index is 1290. The number of benzene rings is 2. The van der Waals surface area contributed by atoms with Gasteiger partial charge in [-0.3, -0.25) is 9.59 Å². The summed E-state index contributed by atoms with van der Waals surface area (Å²) in [6.07, 6.45) is 0. The third kappa shape index (κ3) is 4.98. The highest BCUT2D eigenvalue weighted by atomic mass is 16.5. The van der Waals surface area contributed by atoms with Crippen molar-refractivity contribution in [2.24, 2.45) is 0 Å². The lowest BCUT2D eigenvalue weighted by Gasteiger charge is -2.40. The zero-order valence-electron chi connectivity index (χ0n) is 21.0. The molecule has 3 aromatic rings. The van der Waals surface area contributed by atoms with Crippen LogP contribution in [0.5, 0.6) is 0 Å². The topological polar surface area (TPSA) is 92.7 Å². The van der Waals surface area contributed by atoms with Gasteiger partial charge in [0.1, 0.15) is 11.3 Å². The van der Waals surface area contributed by atoms with Crippen LogP contribution < -0.4 is 0 Å². The van der Waals surface area contributed by atoms with Crippen LogP contribution >= 0.6 is 0 Å². The van der Waals surface area contributed by atoms with E-state index in [4.69, 9.17) is 4.74 Å². The van der Waals surface area contributed by atoms with Crippen molar-refractivity contribution in [2.45, 2.75) is 33.7 Å². The molecule has 1 unspecified atom stereocenters. The van der Waals surface area contributed by atoms with E-state index in [1.54, 1.807) is 23.6 Å². The Morgan fingerprint density at radius 2 is 1.64 bits per heavy atom. The quantitative estimate of drug-likeness (QED) is 0.508. The normalized spacial score (nSPS) is 15.5. The number of nitrogens with zero attached hydrogens (tertiary/aromatic N) is 4. The zero-order valence-corrected chi connectivity index (χ0v) is 21.0. The summed E-state index contributed by atoms with van der Waals surface area (Å²) in [5.74, 6) is -0.690. The van der Waals surface area contributed by atoms with Crippen molar-refractivity contribution < 1.29 is 19.1 Å². The van der Waals surface area contributed by atoms with Crippen molar-refractivity contribution in [1.29, 1.82) is 0 Å². The number of piperazine rings is 1. The smallest absolute Gasteiger partial charge is 0.342 e. The van der Waals surface area contributed by atoms with Crippen molar-refractivity contribution in [3.8, 4) is 11.4 Å². The molecule has 1 atom stereocenters. The van der Waals surface area contributed by atoms with Crippen LogP contribution in [0, 0.1) is 13.8 Å². The second kappa shape index (κ2) is 10.7. The Labute approximate surface area is 210 Å². The minimum Gasteiger partial charge on any atom is -0.462 e. The van der Waals surface area contributed by atoms with Crippen LogP contribution in [0.4, 0.5) is 0 Å². The van der Waals surface area contributed by atoms with E-state index >= 15 is 0 Å². The second-order valence-corrected chi connectivity index (χ2v) is 8.86. The first-order valence-corrected chi connectivity index (χ1v) is 12.1. The molecule has 1 saturated heterocycles. The molecule has 2 aromatic carbocycles. The number of hydrogen-bond donors (Lipinski definition) is 0. The van der Waals surface area contributed by atoms with E-state index in [0.29, 0.717) is 36.7 Å². The Kier molecular flexibility index (Phi) is 7.43. The predicted octanol–water partition coefficient (Wildman–Crippen LogP) is 3.92. The number of ether oxygens (including phenoxy) is 1. The minimum absolute atomic E-state index is 0.0192. The summed E-state index contributed by atoms with van der Waals surface area (Å²) in [6.45, 7) is 8.42. The van der Waals surface area contributed by atoms with Gasteiger partial charge in [-0.15, -0.1) is 0 Å². The first kappa shape index (κ1) is 25.0. The van der Waals surface area contributed by atoms with Crippen molar-refractivity contribution >= 4 is 17.8 Å². The van der Waals surface area contributed by atoms with Gasteiger partial charge >= 0.3 is 5.97 Å². The summed E-state index contributed by atoms with van der Waals surface area (Å²) < 4.78 is 5.22. The van der Waals surface area contributed by atoms with Crippen LogP contribution in [0.15, 0.2) is 54.6 Å². The van der Waals surface area contributed by atoms with Crippen LogP contribution in [0.3, 0.4) is 0 Å². The third-order valence-electron chi connectivity index (χ3n) is 6.36. The van der Waals surface area contributed by atoms with Gasteiger partial charge in [-0.25, -0.2) is 14.8 Å². The molecule has 1 aliphatic heterocycles. The summed E-state index contributed by atoms with van der Waals surface area (Å²) in [5, 5.41) is 0. The van der Waals surface area contributed by atoms with E-state index in [0.717, 1.165) is 11.1 Å². The van der Waals surface area contributed by atoms with Gasteiger partial charge in [0, 0.05) is 36.8 Å². The minimum atomic E-state index is -0.626. The molecular formula is C28H30N4O4. The Balaban J connectivity index is 1.63. The summed E-state index contributed by atoms with van der Waals surface area (Å²) in [5.41, 5.74) is 2.79. The molecule has 4 rings (SSSR count). The number of esters is 1. The fourth-order valence-corrected chi connectivity index (χ4v) is 4.45. The maximum atomic E-state index is 13.7. The number of amides is 2. The number of rotatable bonds is 5. The number of hydrogen-bond acceptors (Lipinski definition) is 6. The maximum Gasteiger partial charge on any atom is 0.342 e. The average Bonchev–Trinajstić information content (AvgIpc) is 2.88. The van der Waals surface area contributed by atoms with E-state index in [1.165, 1.54) is 0 Å². The third-order valence-corrected chi connectivity index (χ3v) is 6.36. The van der Waals surface area contributed by atoms with Crippen LogP contribution in [-0.4, -0.2) is 69.8 Å². The molecule has 0 N–H and O–H groups in total. The Morgan fingerprint density at radius 1 is 0.944 bits per heavy atom. The number of carbonyl (C=O) groups excluding carboxylic acids is 3. The largest absolute Gasteiger partial charge is 0.462 e. The summed E-state index contributed by atoms with van der Waals surface area (Å²) >= 11 is 0. The van der Waals surface area contributed by atoms with Crippen LogP contribution in [0.1, 0.15) is 56.3 Å². The van der Waals surface area contributed by atoms with E-state index < -0.39 is 5.97 Å². The lowest BCUT2D eigenvalue weighted by Crippen LogP contribution is -2.55. The molecule has 186 valence electrons. The lowest BCUT2D eigenvalue weighted by molar-refractivity contribution is 0.0405.